The summed E-state index contributed by atoms with van der Waals surface area (Å²) in [5.74, 6) is -0.310. The zero-order valence-electron chi connectivity index (χ0n) is 16.6. The summed E-state index contributed by atoms with van der Waals surface area (Å²) in [4.78, 5) is 24.3. The van der Waals surface area contributed by atoms with E-state index < -0.39 is 15.6 Å². The molecule has 2 N–H and O–H groups in total. The van der Waals surface area contributed by atoms with Crippen molar-refractivity contribution in [3.63, 3.8) is 0 Å². The number of benzene rings is 2. The van der Waals surface area contributed by atoms with E-state index in [1.807, 2.05) is 6.07 Å². The number of para-hydroxylation sites is 1. The lowest BCUT2D eigenvalue weighted by Gasteiger charge is -2.11. The predicted molar refractivity (Wildman–Crippen MR) is 112 cm³/mol. The minimum absolute atomic E-state index is 0.0161. The Morgan fingerprint density at radius 2 is 1.69 bits per heavy atom. The summed E-state index contributed by atoms with van der Waals surface area (Å²) in [6, 6.07) is 13.5. The van der Waals surface area contributed by atoms with Crippen molar-refractivity contribution in [3.8, 4) is 5.69 Å². The Kier molecular flexibility index (Phi) is 5.34. The Balaban J connectivity index is 2.07. The minimum Gasteiger partial charge on any atom is -0.326 e. The first kappa shape index (κ1) is 20.4. The molecule has 8 nitrogen and oxygen atoms in total. The molecule has 1 amide bonds. The predicted octanol–water partition coefficient (Wildman–Crippen LogP) is 2.55. The molecular formula is C20H22N4O4S. The molecule has 9 heteroatoms. The van der Waals surface area contributed by atoms with Gasteiger partial charge < -0.3 is 5.32 Å². The standard InChI is InChI=1S/C20H22N4O4S/c1-13-10-11-16(21-15(3)25)12-18(13)29(27,28)22-19-14(2)23(4)24(20(19)26)17-8-6-5-7-9-17/h5-12,22H,1-4H3,(H,21,25). The van der Waals surface area contributed by atoms with E-state index >= 15 is 0 Å². The summed E-state index contributed by atoms with van der Waals surface area (Å²) in [5, 5.41) is 2.56. The second-order valence-electron chi connectivity index (χ2n) is 6.70. The third-order valence-electron chi connectivity index (χ3n) is 4.59. The van der Waals surface area contributed by atoms with E-state index in [1.165, 1.54) is 17.7 Å². The summed E-state index contributed by atoms with van der Waals surface area (Å²) >= 11 is 0. The van der Waals surface area contributed by atoms with Crippen LogP contribution in [0.5, 0.6) is 0 Å². The molecule has 0 aliphatic heterocycles. The van der Waals surface area contributed by atoms with Gasteiger partial charge in [-0.2, -0.15) is 0 Å². The topological polar surface area (TPSA) is 102 Å². The average molecular weight is 414 g/mol. The third kappa shape index (κ3) is 3.95. The van der Waals surface area contributed by atoms with Gasteiger partial charge in [0.05, 0.1) is 16.3 Å². The minimum atomic E-state index is -4.06. The van der Waals surface area contributed by atoms with Crippen LogP contribution in [0.4, 0.5) is 11.4 Å². The average Bonchev–Trinajstić information content (AvgIpc) is 2.86. The fourth-order valence-corrected chi connectivity index (χ4v) is 4.43. The van der Waals surface area contributed by atoms with Crippen molar-refractivity contribution >= 4 is 27.3 Å². The highest BCUT2D eigenvalue weighted by Crippen LogP contribution is 2.24. The van der Waals surface area contributed by atoms with Gasteiger partial charge in [-0.05, 0) is 43.7 Å². The number of sulfonamides is 1. The number of hydrogen-bond donors (Lipinski definition) is 2. The summed E-state index contributed by atoms with van der Waals surface area (Å²) < 4.78 is 31.5. The summed E-state index contributed by atoms with van der Waals surface area (Å²) in [7, 11) is -2.38. The van der Waals surface area contributed by atoms with Crippen molar-refractivity contribution in [3.05, 3.63) is 70.1 Å². The number of carbonyl (C=O) groups excluding carboxylic acids is 1. The van der Waals surface area contributed by atoms with Crippen molar-refractivity contribution < 1.29 is 13.2 Å². The van der Waals surface area contributed by atoms with Crippen LogP contribution in [0.1, 0.15) is 18.2 Å². The van der Waals surface area contributed by atoms with Crippen LogP contribution in [0.15, 0.2) is 58.2 Å². The second kappa shape index (κ2) is 7.59. The van der Waals surface area contributed by atoms with Gasteiger partial charge in [0, 0.05) is 19.7 Å². The van der Waals surface area contributed by atoms with E-state index in [4.69, 9.17) is 0 Å². The monoisotopic (exact) mass is 414 g/mol. The Labute approximate surface area is 168 Å². The smallest absolute Gasteiger partial charge is 0.296 e. The number of amides is 1. The molecule has 0 saturated heterocycles. The summed E-state index contributed by atoms with van der Waals surface area (Å²) in [6.45, 7) is 4.65. The molecule has 0 radical (unpaired) electrons. The number of hydrogen-bond acceptors (Lipinski definition) is 4. The van der Waals surface area contributed by atoms with Gasteiger partial charge in [0.2, 0.25) is 5.91 Å². The van der Waals surface area contributed by atoms with Crippen LogP contribution in [0.3, 0.4) is 0 Å². The van der Waals surface area contributed by atoms with E-state index in [-0.39, 0.29) is 16.5 Å². The Hall–Kier alpha value is -3.33. The van der Waals surface area contributed by atoms with Crippen LogP contribution in [0.2, 0.25) is 0 Å². The first-order valence-corrected chi connectivity index (χ1v) is 10.3. The van der Waals surface area contributed by atoms with E-state index in [2.05, 4.69) is 10.0 Å². The van der Waals surface area contributed by atoms with Crippen LogP contribution in [0.25, 0.3) is 5.69 Å². The lowest BCUT2D eigenvalue weighted by Crippen LogP contribution is -2.23. The van der Waals surface area contributed by atoms with Crippen LogP contribution >= 0.6 is 0 Å². The van der Waals surface area contributed by atoms with Crippen LogP contribution < -0.4 is 15.6 Å². The van der Waals surface area contributed by atoms with Crippen molar-refractivity contribution in [1.29, 1.82) is 0 Å². The maximum Gasteiger partial charge on any atom is 0.296 e. The molecule has 1 heterocycles. The number of nitrogens with zero attached hydrogens (tertiary/aromatic N) is 2. The first-order chi connectivity index (χ1) is 13.6. The highest BCUT2D eigenvalue weighted by Gasteiger charge is 2.24. The van der Waals surface area contributed by atoms with Crippen molar-refractivity contribution in [2.45, 2.75) is 25.7 Å². The van der Waals surface area contributed by atoms with E-state index in [9.17, 15) is 18.0 Å². The van der Waals surface area contributed by atoms with Crippen molar-refractivity contribution in [2.24, 2.45) is 7.05 Å². The van der Waals surface area contributed by atoms with Gasteiger partial charge in [-0.25, -0.2) is 13.1 Å². The molecule has 0 unspecified atom stereocenters. The van der Waals surface area contributed by atoms with Gasteiger partial charge in [0.25, 0.3) is 15.6 Å². The third-order valence-corrected chi connectivity index (χ3v) is 6.08. The molecule has 0 aliphatic carbocycles. The highest BCUT2D eigenvalue weighted by molar-refractivity contribution is 7.92. The zero-order valence-corrected chi connectivity index (χ0v) is 17.4. The summed E-state index contributed by atoms with van der Waals surface area (Å²) in [5.41, 5.74) is 1.44. The van der Waals surface area contributed by atoms with Crippen LogP contribution in [0, 0.1) is 13.8 Å². The molecule has 29 heavy (non-hydrogen) atoms. The Morgan fingerprint density at radius 3 is 2.31 bits per heavy atom. The van der Waals surface area contributed by atoms with Gasteiger partial charge in [0.15, 0.2) is 0 Å². The lowest BCUT2D eigenvalue weighted by molar-refractivity contribution is -0.114. The number of aromatic nitrogens is 2. The largest absolute Gasteiger partial charge is 0.326 e. The van der Waals surface area contributed by atoms with E-state index in [0.717, 1.165) is 0 Å². The SMILES string of the molecule is CC(=O)Nc1ccc(C)c(S(=O)(=O)Nc2c(C)n(C)n(-c3ccccc3)c2=O)c1. The van der Waals surface area contributed by atoms with Crippen LogP contribution in [-0.2, 0) is 21.9 Å². The fourth-order valence-electron chi connectivity index (χ4n) is 3.05. The maximum absolute atomic E-state index is 13.0. The number of nitrogens with one attached hydrogen (secondary N) is 2. The number of rotatable bonds is 5. The molecule has 1 aromatic heterocycles. The molecule has 152 valence electrons. The lowest BCUT2D eigenvalue weighted by atomic mass is 10.2. The molecule has 0 spiro atoms. The molecule has 0 bridgehead atoms. The molecule has 0 aliphatic rings. The number of anilines is 2. The Morgan fingerprint density at radius 1 is 1.03 bits per heavy atom. The highest BCUT2D eigenvalue weighted by atomic mass is 32.2. The normalized spacial score (nSPS) is 11.3. The van der Waals surface area contributed by atoms with Crippen molar-refractivity contribution in [1.82, 2.24) is 9.36 Å². The van der Waals surface area contributed by atoms with E-state index in [1.54, 1.807) is 62.0 Å². The molecule has 0 fully saturated rings. The molecule has 3 rings (SSSR count). The second-order valence-corrected chi connectivity index (χ2v) is 8.35. The van der Waals surface area contributed by atoms with Gasteiger partial charge >= 0.3 is 0 Å². The van der Waals surface area contributed by atoms with Crippen molar-refractivity contribution in [2.75, 3.05) is 10.0 Å². The Bertz CT molecular complexity index is 1240. The van der Waals surface area contributed by atoms with E-state index in [0.29, 0.717) is 22.6 Å². The van der Waals surface area contributed by atoms with Gasteiger partial charge in [-0.1, -0.05) is 24.3 Å². The summed E-state index contributed by atoms with van der Waals surface area (Å²) in [6.07, 6.45) is 0. The molecular weight excluding hydrogens is 392 g/mol. The first-order valence-electron chi connectivity index (χ1n) is 8.87. The number of carbonyl (C=O) groups is 1. The molecule has 0 atom stereocenters. The molecule has 3 aromatic rings. The van der Waals surface area contributed by atoms with Gasteiger partial charge in [-0.3, -0.25) is 19.0 Å². The fraction of sp³-hybridized carbons (Fsp3) is 0.200. The van der Waals surface area contributed by atoms with Crippen LogP contribution in [-0.4, -0.2) is 23.7 Å². The molecule has 0 saturated carbocycles. The maximum atomic E-state index is 13.0. The zero-order chi connectivity index (χ0) is 21.3. The molecule has 2 aromatic carbocycles. The number of aryl methyl sites for hydroxylation is 1. The quantitative estimate of drug-likeness (QED) is 0.670. The van der Waals surface area contributed by atoms with Gasteiger partial charge in [-0.15, -0.1) is 0 Å². The van der Waals surface area contributed by atoms with Gasteiger partial charge in [0.1, 0.15) is 5.69 Å².